The molecule has 6 nitrogen and oxygen atoms in total. The van der Waals surface area contributed by atoms with E-state index < -0.39 is 24.3 Å². The van der Waals surface area contributed by atoms with E-state index in [9.17, 15) is 14.0 Å². The van der Waals surface area contributed by atoms with Crippen LogP contribution in [0.15, 0.2) is 42.5 Å². The summed E-state index contributed by atoms with van der Waals surface area (Å²) in [6.45, 7) is -0.490. The third-order valence-electron chi connectivity index (χ3n) is 3.72. The summed E-state index contributed by atoms with van der Waals surface area (Å²) in [5.74, 6) is -0.665. The predicted molar refractivity (Wildman–Crippen MR) is 100 cm³/mol. The third kappa shape index (κ3) is 4.17. The second kappa shape index (κ2) is 8.05. The largest absolute Gasteiger partial charge is 0.497 e. The number of benzene rings is 2. The number of fused-ring (bicyclic) bond motifs is 1. The number of hydrogen-bond acceptors (Lipinski definition) is 6. The molecule has 0 aliphatic rings. The average molecular weight is 389 g/mol. The minimum Gasteiger partial charge on any atom is -0.497 e. The number of rotatable bonds is 6. The predicted octanol–water partition coefficient (Wildman–Crippen LogP) is 3.85. The number of thiophene rings is 1. The first-order chi connectivity index (χ1) is 13.0. The Morgan fingerprint density at radius 3 is 2.63 bits per heavy atom. The van der Waals surface area contributed by atoms with Gasteiger partial charge in [0, 0.05) is 16.2 Å². The second-order valence-electron chi connectivity index (χ2n) is 5.45. The molecule has 8 heteroatoms. The molecule has 0 bridgehead atoms. The third-order valence-corrected chi connectivity index (χ3v) is 4.80. The van der Waals surface area contributed by atoms with Gasteiger partial charge >= 0.3 is 5.97 Å². The zero-order valence-electron chi connectivity index (χ0n) is 14.6. The van der Waals surface area contributed by atoms with Crippen molar-refractivity contribution in [3.05, 3.63) is 53.2 Å². The number of ether oxygens (including phenoxy) is 3. The molecule has 3 rings (SSSR count). The first-order valence-electron chi connectivity index (χ1n) is 7.89. The van der Waals surface area contributed by atoms with Crippen molar-refractivity contribution in [1.29, 1.82) is 0 Å². The van der Waals surface area contributed by atoms with Gasteiger partial charge in [0.25, 0.3) is 5.91 Å². The molecule has 1 N–H and O–H groups in total. The molecule has 3 aromatic rings. The average Bonchev–Trinajstić information content (AvgIpc) is 3.12. The lowest BCUT2D eigenvalue weighted by atomic mass is 10.2. The van der Waals surface area contributed by atoms with Crippen molar-refractivity contribution in [3.8, 4) is 11.5 Å². The number of amides is 1. The highest BCUT2D eigenvalue weighted by Gasteiger charge is 2.16. The molecule has 1 amide bonds. The molecule has 140 valence electrons. The summed E-state index contributed by atoms with van der Waals surface area (Å²) in [7, 11) is 2.97. The van der Waals surface area contributed by atoms with Crippen LogP contribution in [0.25, 0.3) is 10.1 Å². The van der Waals surface area contributed by atoms with Crippen LogP contribution in [0, 0.1) is 5.82 Å². The van der Waals surface area contributed by atoms with Gasteiger partial charge in [0.1, 0.15) is 22.2 Å². The van der Waals surface area contributed by atoms with E-state index in [2.05, 4.69) is 5.32 Å². The molecule has 0 saturated heterocycles. The smallest absolute Gasteiger partial charge is 0.348 e. The molecule has 0 spiro atoms. The molecular formula is C19H16FNO5S. The van der Waals surface area contributed by atoms with Crippen molar-refractivity contribution in [2.45, 2.75) is 0 Å². The van der Waals surface area contributed by atoms with Gasteiger partial charge in [0.15, 0.2) is 6.61 Å². The molecule has 27 heavy (non-hydrogen) atoms. The molecule has 0 unspecified atom stereocenters. The van der Waals surface area contributed by atoms with Crippen LogP contribution >= 0.6 is 11.3 Å². The Balaban J connectivity index is 1.65. The fourth-order valence-electron chi connectivity index (χ4n) is 2.43. The lowest BCUT2D eigenvalue weighted by Crippen LogP contribution is -2.21. The van der Waals surface area contributed by atoms with E-state index in [1.165, 1.54) is 26.4 Å². The summed E-state index contributed by atoms with van der Waals surface area (Å²) in [6.07, 6.45) is 0. The quantitative estimate of drug-likeness (QED) is 0.648. The van der Waals surface area contributed by atoms with Crippen LogP contribution in [-0.4, -0.2) is 32.7 Å². The zero-order chi connectivity index (χ0) is 19.4. The fraction of sp³-hybridized carbons (Fsp3) is 0.158. The van der Waals surface area contributed by atoms with E-state index >= 15 is 0 Å². The molecule has 1 heterocycles. The summed E-state index contributed by atoms with van der Waals surface area (Å²) >= 11 is 1.10. The standard InChI is InChI=1S/C19H16FNO5S/c1-24-11-6-7-15(25-2)14(8-11)21-18(22)10-26-19(23)17-9-12-13(20)4-3-5-16(12)27-17/h3-9H,10H2,1-2H3,(H,21,22). The Morgan fingerprint density at radius 1 is 1.11 bits per heavy atom. The maximum Gasteiger partial charge on any atom is 0.348 e. The van der Waals surface area contributed by atoms with E-state index in [0.29, 0.717) is 27.3 Å². The lowest BCUT2D eigenvalue weighted by molar-refractivity contribution is -0.119. The maximum atomic E-state index is 13.7. The number of methoxy groups -OCH3 is 2. The van der Waals surface area contributed by atoms with Crippen molar-refractivity contribution in [2.24, 2.45) is 0 Å². The highest BCUT2D eigenvalue weighted by Crippen LogP contribution is 2.29. The summed E-state index contributed by atoms with van der Waals surface area (Å²) in [4.78, 5) is 24.5. The number of carbonyl (C=O) groups excluding carboxylic acids is 2. The number of carbonyl (C=O) groups is 2. The normalized spacial score (nSPS) is 10.5. The highest BCUT2D eigenvalue weighted by molar-refractivity contribution is 7.20. The molecule has 2 aromatic carbocycles. The molecule has 1 aromatic heterocycles. The molecule has 0 radical (unpaired) electrons. The van der Waals surface area contributed by atoms with Gasteiger partial charge in [0.2, 0.25) is 0 Å². The fourth-order valence-corrected chi connectivity index (χ4v) is 3.40. The van der Waals surface area contributed by atoms with Crippen LogP contribution < -0.4 is 14.8 Å². The van der Waals surface area contributed by atoms with Crippen LogP contribution in [0.2, 0.25) is 0 Å². The van der Waals surface area contributed by atoms with Crippen molar-refractivity contribution >= 4 is 39.0 Å². The summed E-state index contributed by atoms with van der Waals surface area (Å²) in [6, 6.07) is 10.9. The Bertz CT molecular complexity index is 1000. The Labute approximate surface area is 158 Å². The van der Waals surface area contributed by atoms with Crippen LogP contribution in [0.4, 0.5) is 10.1 Å². The first kappa shape index (κ1) is 18.7. The number of esters is 1. The minimum atomic E-state index is -0.691. The van der Waals surface area contributed by atoms with Crippen molar-refractivity contribution in [3.63, 3.8) is 0 Å². The van der Waals surface area contributed by atoms with E-state index in [0.717, 1.165) is 11.3 Å². The summed E-state index contributed by atoms with van der Waals surface area (Å²) in [5.41, 5.74) is 0.391. The maximum absolute atomic E-state index is 13.7. The van der Waals surface area contributed by atoms with Crippen LogP contribution in [-0.2, 0) is 9.53 Å². The van der Waals surface area contributed by atoms with Gasteiger partial charge < -0.3 is 19.5 Å². The first-order valence-corrected chi connectivity index (χ1v) is 8.70. The van der Waals surface area contributed by atoms with Crippen LogP contribution in [0.5, 0.6) is 11.5 Å². The van der Waals surface area contributed by atoms with Gasteiger partial charge in [-0.25, -0.2) is 9.18 Å². The van der Waals surface area contributed by atoms with Crippen LogP contribution in [0.1, 0.15) is 9.67 Å². The lowest BCUT2D eigenvalue weighted by Gasteiger charge is -2.11. The van der Waals surface area contributed by atoms with E-state index in [1.807, 2.05) is 0 Å². The molecule has 0 aliphatic carbocycles. The van der Waals surface area contributed by atoms with Gasteiger partial charge in [-0.1, -0.05) is 6.07 Å². The summed E-state index contributed by atoms with van der Waals surface area (Å²) in [5, 5.41) is 2.95. The van der Waals surface area contributed by atoms with Gasteiger partial charge in [-0.3, -0.25) is 4.79 Å². The number of hydrogen-bond donors (Lipinski definition) is 1. The molecule has 0 aliphatic heterocycles. The van der Waals surface area contributed by atoms with Crippen molar-refractivity contribution in [1.82, 2.24) is 0 Å². The molecule has 0 saturated carbocycles. The van der Waals surface area contributed by atoms with E-state index in [1.54, 1.807) is 30.3 Å². The Morgan fingerprint density at radius 2 is 1.93 bits per heavy atom. The minimum absolute atomic E-state index is 0.224. The molecule has 0 fully saturated rings. The van der Waals surface area contributed by atoms with E-state index in [-0.39, 0.29) is 4.88 Å². The van der Waals surface area contributed by atoms with Crippen LogP contribution in [0.3, 0.4) is 0 Å². The van der Waals surface area contributed by atoms with Crippen molar-refractivity contribution < 1.29 is 28.2 Å². The monoisotopic (exact) mass is 389 g/mol. The number of anilines is 1. The SMILES string of the molecule is COc1ccc(OC)c(NC(=O)COC(=O)c2cc3c(F)cccc3s2)c1. The molecule has 0 atom stereocenters. The van der Waals surface area contributed by atoms with Gasteiger partial charge in [0.05, 0.1) is 19.9 Å². The highest BCUT2D eigenvalue weighted by atomic mass is 32.1. The zero-order valence-corrected chi connectivity index (χ0v) is 15.4. The second-order valence-corrected chi connectivity index (χ2v) is 6.54. The van der Waals surface area contributed by atoms with Gasteiger partial charge in [-0.2, -0.15) is 0 Å². The van der Waals surface area contributed by atoms with Crippen molar-refractivity contribution in [2.75, 3.05) is 26.1 Å². The summed E-state index contributed by atoms with van der Waals surface area (Å²) < 4.78 is 29.7. The number of nitrogens with one attached hydrogen (secondary N) is 1. The number of halogens is 1. The topological polar surface area (TPSA) is 73.9 Å². The van der Waals surface area contributed by atoms with Gasteiger partial charge in [-0.05, 0) is 30.3 Å². The van der Waals surface area contributed by atoms with E-state index in [4.69, 9.17) is 14.2 Å². The Kier molecular flexibility index (Phi) is 5.56. The molecular weight excluding hydrogens is 373 g/mol. The Hall–Kier alpha value is -3.13. The van der Waals surface area contributed by atoms with Gasteiger partial charge in [-0.15, -0.1) is 11.3 Å².